The Kier molecular flexibility index (Phi) is 5.74. The second-order valence-corrected chi connectivity index (χ2v) is 7.85. The molecule has 0 aliphatic heterocycles. The minimum atomic E-state index is -3.58. The van der Waals surface area contributed by atoms with Crippen LogP contribution in [0.3, 0.4) is 0 Å². The van der Waals surface area contributed by atoms with E-state index in [1.807, 2.05) is 31.4 Å². The lowest BCUT2D eigenvalue weighted by Crippen LogP contribution is -2.26. The summed E-state index contributed by atoms with van der Waals surface area (Å²) in [4.78, 5) is 1.05. The zero-order valence-electron chi connectivity index (χ0n) is 12.9. The summed E-state index contributed by atoms with van der Waals surface area (Å²) in [7, 11) is -1.86. The van der Waals surface area contributed by atoms with E-state index >= 15 is 0 Å². The maximum Gasteiger partial charge on any atom is 0.244 e. The average Bonchev–Trinajstić information content (AvgIpc) is 3.06. The van der Waals surface area contributed by atoms with Gasteiger partial charge in [0, 0.05) is 26.4 Å². The van der Waals surface area contributed by atoms with Crippen molar-refractivity contribution < 1.29 is 13.2 Å². The summed E-state index contributed by atoms with van der Waals surface area (Å²) in [5.74, 6) is 0. The van der Waals surface area contributed by atoms with Crippen molar-refractivity contribution in [2.45, 2.75) is 31.3 Å². The van der Waals surface area contributed by atoms with E-state index in [1.165, 1.54) is 22.2 Å². The molecule has 2 rings (SSSR count). The molecule has 0 aliphatic rings. The minimum Gasteiger partial charge on any atom is -0.379 e. The monoisotopic (exact) mass is 343 g/mol. The van der Waals surface area contributed by atoms with Crippen LogP contribution in [0.4, 0.5) is 0 Å². The molecule has 2 aromatic heterocycles. The molecule has 8 heteroatoms. The molecular formula is C14H21N3O3S2. The molecule has 0 saturated carbocycles. The smallest absolute Gasteiger partial charge is 0.244 e. The highest BCUT2D eigenvalue weighted by Crippen LogP contribution is 2.29. The van der Waals surface area contributed by atoms with Crippen molar-refractivity contribution in [1.82, 2.24) is 14.5 Å². The van der Waals surface area contributed by atoms with Gasteiger partial charge in [0.05, 0.1) is 11.0 Å². The number of aryl methyl sites for hydroxylation is 1. The molecule has 0 aliphatic carbocycles. The van der Waals surface area contributed by atoms with E-state index in [1.54, 1.807) is 7.05 Å². The molecule has 6 nitrogen and oxygen atoms in total. The van der Waals surface area contributed by atoms with Crippen LogP contribution >= 0.6 is 11.3 Å². The van der Waals surface area contributed by atoms with Gasteiger partial charge in [0.2, 0.25) is 10.0 Å². The Bertz CT molecular complexity index is 691. The van der Waals surface area contributed by atoms with Crippen LogP contribution in [0.2, 0.25) is 0 Å². The van der Waals surface area contributed by atoms with Crippen molar-refractivity contribution in [3.63, 3.8) is 0 Å². The molecule has 0 saturated heterocycles. The number of nitrogens with one attached hydrogen (secondary N) is 1. The number of hydrogen-bond donors (Lipinski definition) is 1. The first-order valence-electron chi connectivity index (χ1n) is 7.09. The fraction of sp³-hybridized carbons (Fsp3) is 0.500. The molecule has 0 atom stereocenters. The summed E-state index contributed by atoms with van der Waals surface area (Å²) in [5.41, 5.74) is 0.489. The summed E-state index contributed by atoms with van der Waals surface area (Å²) < 4.78 is 34.4. The molecule has 0 bridgehead atoms. The number of hydrogen-bond acceptors (Lipinski definition) is 5. The first-order chi connectivity index (χ1) is 10.4. The van der Waals surface area contributed by atoms with Crippen molar-refractivity contribution in [2.75, 3.05) is 13.2 Å². The van der Waals surface area contributed by atoms with Gasteiger partial charge in [0.1, 0.15) is 10.6 Å². The third kappa shape index (κ3) is 4.39. The van der Waals surface area contributed by atoms with E-state index in [9.17, 15) is 8.42 Å². The largest absolute Gasteiger partial charge is 0.379 e. The van der Waals surface area contributed by atoms with Gasteiger partial charge in [0.25, 0.3) is 0 Å². The Morgan fingerprint density at radius 3 is 2.86 bits per heavy atom. The first kappa shape index (κ1) is 17.1. The highest BCUT2D eigenvalue weighted by molar-refractivity contribution is 7.89. The SMILES string of the molecule is CC(C)OCCCNS(=O)(=O)c1cn(C)nc1-c1cccs1. The molecule has 0 unspecified atom stereocenters. The van der Waals surface area contributed by atoms with Gasteiger partial charge >= 0.3 is 0 Å². The normalized spacial score (nSPS) is 12.2. The van der Waals surface area contributed by atoms with Gasteiger partial charge in [-0.3, -0.25) is 4.68 Å². The Balaban J connectivity index is 2.07. The van der Waals surface area contributed by atoms with Crippen LogP contribution in [0.15, 0.2) is 28.6 Å². The molecular weight excluding hydrogens is 322 g/mol. The fourth-order valence-corrected chi connectivity index (χ4v) is 3.98. The second-order valence-electron chi connectivity index (χ2n) is 5.16. The molecule has 1 N–H and O–H groups in total. The van der Waals surface area contributed by atoms with Crippen molar-refractivity contribution in [2.24, 2.45) is 7.05 Å². The van der Waals surface area contributed by atoms with Crippen LogP contribution in [-0.2, 0) is 21.8 Å². The quantitative estimate of drug-likeness (QED) is 0.746. The van der Waals surface area contributed by atoms with E-state index in [-0.39, 0.29) is 11.0 Å². The predicted molar refractivity (Wildman–Crippen MR) is 87.4 cm³/mol. The van der Waals surface area contributed by atoms with Crippen molar-refractivity contribution in [3.05, 3.63) is 23.7 Å². The second kappa shape index (κ2) is 7.36. The third-order valence-electron chi connectivity index (χ3n) is 2.90. The number of ether oxygens (including phenoxy) is 1. The lowest BCUT2D eigenvalue weighted by molar-refractivity contribution is 0.0778. The number of sulfonamides is 1. The molecule has 2 heterocycles. The van der Waals surface area contributed by atoms with Gasteiger partial charge in [-0.05, 0) is 31.7 Å². The fourth-order valence-electron chi connectivity index (χ4n) is 1.92. The van der Waals surface area contributed by atoms with Crippen molar-refractivity contribution in [1.29, 1.82) is 0 Å². The zero-order chi connectivity index (χ0) is 16.2. The lowest BCUT2D eigenvalue weighted by Gasteiger charge is -2.08. The third-order valence-corrected chi connectivity index (χ3v) is 5.24. The topological polar surface area (TPSA) is 73.2 Å². The summed E-state index contributed by atoms with van der Waals surface area (Å²) in [5, 5.41) is 6.17. The van der Waals surface area contributed by atoms with E-state index < -0.39 is 10.0 Å². The summed E-state index contributed by atoms with van der Waals surface area (Å²) in [6.07, 6.45) is 2.31. The molecule has 0 aromatic carbocycles. The van der Waals surface area contributed by atoms with Gasteiger partial charge in [-0.1, -0.05) is 6.07 Å². The average molecular weight is 343 g/mol. The predicted octanol–water partition coefficient (Wildman–Crippen LogP) is 2.24. The maximum atomic E-state index is 12.5. The summed E-state index contributed by atoms with van der Waals surface area (Å²) in [6.45, 7) is 4.78. The van der Waals surface area contributed by atoms with Gasteiger partial charge in [0.15, 0.2) is 0 Å². The molecule has 122 valence electrons. The lowest BCUT2D eigenvalue weighted by atomic mass is 10.3. The van der Waals surface area contributed by atoms with Crippen LogP contribution in [0, 0.1) is 0 Å². The number of rotatable bonds is 8. The van der Waals surface area contributed by atoms with Crippen LogP contribution in [0.1, 0.15) is 20.3 Å². The molecule has 0 amide bonds. The Labute approximate surface area is 135 Å². The van der Waals surface area contributed by atoms with E-state index in [0.29, 0.717) is 25.3 Å². The van der Waals surface area contributed by atoms with Crippen LogP contribution in [0.5, 0.6) is 0 Å². The zero-order valence-corrected chi connectivity index (χ0v) is 14.6. The minimum absolute atomic E-state index is 0.153. The highest BCUT2D eigenvalue weighted by atomic mass is 32.2. The van der Waals surface area contributed by atoms with Gasteiger partial charge in [-0.2, -0.15) is 5.10 Å². The molecule has 22 heavy (non-hydrogen) atoms. The summed E-state index contributed by atoms with van der Waals surface area (Å²) in [6, 6.07) is 3.74. The number of thiophene rings is 1. The maximum absolute atomic E-state index is 12.5. The van der Waals surface area contributed by atoms with E-state index in [0.717, 1.165) is 4.88 Å². The Hall–Kier alpha value is -1.22. The molecule has 0 spiro atoms. The first-order valence-corrected chi connectivity index (χ1v) is 9.45. The van der Waals surface area contributed by atoms with E-state index in [4.69, 9.17) is 4.74 Å². The van der Waals surface area contributed by atoms with Crippen molar-refractivity contribution in [3.8, 4) is 10.6 Å². The van der Waals surface area contributed by atoms with Crippen molar-refractivity contribution >= 4 is 21.4 Å². The van der Waals surface area contributed by atoms with Crippen LogP contribution in [-0.4, -0.2) is 37.5 Å². The Morgan fingerprint density at radius 2 is 2.23 bits per heavy atom. The van der Waals surface area contributed by atoms with Gasteiger partial charge in [-0.15, -0.1) is 11.3 Å². The number of aromatic nitrogens is 2. The molecule has 2 aromatic rings. The summed E-state index contributed by atoms with van der Waals surface area (Å²) >= 11 is 1.47. The molecule has 0 fully saturated rings. The van der Waals surface area contributed by atoms with Gasteiger partial charge in [-0.25, -0.2) is 13.1 Å². The van der Waals surface area contributed by atoms with Crippen LogP contribution in [0.25, 0.3) is 10.6 Å². The Morgan fingerprint density at radius 1 is 1.45 bits per heavy atom. The van der Waals surface area contributed by atoms with E-state index in [2.05, 4.69) is 9.82 Å². The number of nitrogens with zero attached hydrogens (tertiary/aromatic N) is 2. The standard InChI is InChI=1S/C14H21N3O3S2/c1-11(2)20-8-5-7-15-22(18,19)13-10-17(3)16-14(13)12-6-4-9-21-12/h4,6,9-11,15H,5,7-8H2,1-3H3. The highest BCUT2D eigenvalue weighted by Gasteiger charge is 2.23. The van der Waals surface area contributed by atoms with Crippen LogP contribution < -0.4 is 4.72 Å². The van der Waals surface area contributed by atoms with Gasteiger partial charge < -0.3 is 4.74 Å². The molecule has 0 radical (unpaired) electrons.